The number of hydrogen-bond acceptors (Lipinski definition) is 5. The van der Waals surface area contributed by atoms with Crippen molar-refractivity contribution < 1.29 is 9.90 Å². The summed E-state index contributed by atoms with van der Waals surface area (Å²) in [6.45, 7) is 0. The van der Waals surface area contributed by atoms with E-state index in [-0.39, 0.29) is 12.1 Å². The van der Waals surface area contributed by atoms with E-state index in [1.165, 1.54) is 11.3 Å². The molecule has 0 saturated heterocycles. The molecule has 0 aliphatic heterocycles. The van der Waals surface area contributed by atoms with Crippen molar-refractivity contribution in [3.63, 3.8) is 0 Å². The van der Waals surface area contributed by atoms with Crippen LogP contribution in [0.15, 0.2) is 59.0 Å². The number of hydrogen-bond donors (Lipinski definition) is 2. The lowest BCUT2D eigenvalue weighted by Gasteiger charge is -2.02. The molecule has 1 aromatic heterocycles. The van der Waals surface area contributed by atoms with Crippen LogP contribution in [0.25, 0.3) is 11.3 Å². The van der Waals surface area contributed by atoms with Crippen molar-refractivity contribution in [2.75, 3.05) is 5.43 Å². The Labute approximate surface area is 163 Å². The van der Waals surface area contributed by atoms with Gasteiger partial charge in [-0.25, -0.2) is 9.78 Å². The van der Waals surface area contributed by atoms with E-state index in [2.05, 4.69) is 15.5 Å². The lowest BCUT2D eigenvalue weighted by Crippen LogP contribution is -2.17. The summed E-state index contributed by atoms with van der Waals surface area (Å²) in [7, 11) is 0. The molecule has 3 aromatic rings. The van der Waals surface area contributed by atoms with E-state index in [9.17, 15) is 9.90 Å². The van der Waals surface area contributed by atoms with Gasteiger partial charge in [0.25, 0.3) is 0 Å². The number of anilines is 1. The zero-order chi connectivity index (χ0) is 18.5. The number of hydrazone groups is 1. The fraction of sp³-hybridized carbons (Fsp3) is 0.0556. The maximum absolute atomic E-state index is 11.4. The zero-order valence-electron chi connectivity index (χ0n) is 13.3. The van der Waals surface area contributed by atoms with Gasteiger partial charge in [-0.2, -0.15) is 5.10 Å². The Balaban J connectivity index is 1.75. The molecule has 0 aliphatic carbocycles. The van der Waals surface area contributed by atoms with E-state index in [1.807, 2.05) is 41.8 Å². The van der Waals surface area contributed by atoms with Gasteiger partial charge < -0.3 is 5.11 Å². The molecule has 0 unspecified atom stereocenters. The fourth-order valence-electron chi connectivity index (χ4n) is 2.18. The highest BCUT2D eigenvalue weighted by atomic mass is 35.5. The molecule has 1 heterocycles. The zero-order valence-corrected chi connectivity index (χ0v) is 15.6. The Morgan fingerprint density at radius 2 is 1.92 bits per heavy atom. The Morgan fingerprint density at radius 1 is 1.15 bits per heavy atom. The van der Waals surface area contributed by atoms with Crippen molar-refractivity contribution in [2.45, 2.75) is 6.42 Å². The van der Waals surface area contributed by atoms with Gasteiger partial charge in [-0.05, 0) is 17.7 Å². The summed E-state index contributed by atoms with van der Waals surface area (Å²) in [4.78, 5) is 15.8. The highest BCUT2D eigenvalue weighted by molar-refractivity contribution is 7.14. The molecule has 132 valence electrons. The van der Waals surface area contributed by atoms with E-state index < -0.39 is 5.97 Å². The number of carboxylic acid groups (broad SMARTS) is 1. The summed E-state index contributed by atoms with van der Waals surface area (Å²) < 4.78 is 0. The van der Waals surface area contributed by atoms with Crippen LogP contribution in [0.5, 0.6) is 0 Å². The molecule has 5 nitrogen and oxygen atoms in total. The molecule has 8 heteroatoms. The van der Waals surface area contributed by atoms with Crippen molar-refractivity contribution >= 4 is 51.4 Å². The standard InChI is InChI=1S/C18H13Cl2N3O2S/c19-13-7-6-12(9-14(13)20)16-10-26-18(21-16)23-22-15(17(24)25)8-11-4-2-1-3-5-11/h1-7,9-10H,8H2,(H,21,23)(H,24,25). The molecule has 0 bridgehead atoms. The van der Waals surface area contributed by atoms with Crippen LogP contribution >= 0.6 is 34.5 Å². The number of carboxylic acids is 1. The number of halogens is 2. The predicted molar refractivity (Wildman–Crippen MR) is 106 cm³/mol. The minimum absolute atomic E-state index is 0.00230. The number of aromatic nitrogens is 1. The smallest absolute Gasteiger partial charge is 0.352 e. The predicted octanol–water partition coefficient (Wildman–Crippen LogP) is 5.21. The Morgan fingerprint density at radius 3 is 2.62 bits per heavy atom. The van der Waals surface area contributed by atoms with Crippen LogP contribution in [-0.2, 0) is 11.2 Å². The molecular formula is C18H13Cl2N3O2S. The van der Waals surface area contributed by atoms with Gasteiger partial charge in [0, 0.05) is 17.4 Å². The molecule has 0 aliphatic rings. The number of rotatable bonds is 6. The number of aliphatic carboxylic acids is 1. The van der Waals surface area contributed by atoms with Crippen molar-refractivity contribution in [3.8, 4) is 11.3 Å². The summed E-state index contributed by atoms with van der Waals surface area (Å²) in [5.41, 5.74) is 5.10. The van der Waals surface area contributed by atoms with E-state index in [1.54, 1.807) is 12.1 Å². The third kappa shape index (κ3) is 4.60. The number of benzene rings is 2. The van der Waals surface area contributed by atoms with Crippen LogP contribution in [0.2, 0.25) is 10.0 Å². The highest BCUT2D eigenvalue weighted by Gasteiger charge is 2.12. The van der Waals surface area contributed by atoms with Crippen LogP contribution < -0.4 is 5.43 Å². The second-order valence-corrected chi connectivity index (χ2v) is 6.98. The molecule has 2 aromatic carbocycles. The molecule has 0 amide bonds. The normalized spacial score (nSPS) is 11.4. The molecule has 26 heavy (non-hydrogen) atoms. The highest BCUT2D eigenvalue weighted by Crippen LogP contribution is 2.30. The summed E-state index contributed by atoms with van der Waals surface area (Å²) in [5, 5.41) is 16.6. The summed E-state index contributed by atoms with van der Waals surface area (Å²) >= 11 is 13.3. The molecule has 0 atom stereocenters. The van der Waals surface area contributed by atoms with Gasteiger partial charge in [0.05, 0.1) is 15.7 Å². The van der Waals surface area contributed by atoms with Crippen molar-refractivity contribution in [1.82, 2.24) is 4.98 Å². The third-order valence-electron chi connectivity index (χ3n) is 3.47. The molecule has 3 rings (SSSR count). The van der Waals surface area contributed by atoms with Gasteiger partial charge in [0.15, 0.2) is 0 Å². The van der Waals surface area contributed by atoms with Crippen molar-refractivity contribution in [3.05, 3.63) is 69.5 Å². The molecule has 0 radical (unpaired) electrons. The van der Waals surface area contributed by atoms with E-state index in [0.717, 1.165) is 11.1 Å². The number of carbonyl (C=O) groups is 1. The van der Waals surface area contributed by atoms with Crippen molar-refractivity contribution in [2.24, 2.45) is 5.10 Å². The summed E-state index contributed by atoms with van der Waals surface area (Å²) in [6.07, 6.45) is 0.216. The van der Waals surface area contributed by atoms with Gasteiger partial charge in [-0.1, -0.05) is 59.6 Å². The second-order valence-electron chi connectivity index (χ2n) is 5.30. The van der Waals surface area contributed by atoms with E-state index in [4.69, 9.17) is 23.2 Å². The van der Waals surface area contributed by atoms with Gasteiger partial charge in [0.2, 0.25) is 5.13 Å². The molecule has 0 spiro atoms. The lowest BCUT2D eigenvalue weighted by atomic mass is 10.1. The topological polar surface area (TPSA) is 74.6 Å². The van der Waals surface area contributed by atoms with E-state index >= 15 is 0 Å². The first-order valence-corrected chi connectivity index (χ1v) is 9.17. The average molecular weight is 406 g/mol. The van der Waals surface area contributed by atoms with Crippen LogP contribution in [-0.4, -0.2) is 21.8 Å². The van der Waals surface area contributed by atoms with Gasteiger partial charge >= 0.3 is 5.97 Å². The first-order chi connectivity index (χ1) is 12.5. The Hall–Kier alpha value is -2.41. The SMILES string of the molecule is O=C(O)C(Cc1ccccc1)=NNc1nc(-c2ccc(Cl)c(Cl)c2)cs1. The Bertz CT molecular complexity index is 958. The Kier molecular flexibility index (Phi) is 5.88. The molecule has 2 N–H and O–H groups in total. The number of thiazole rings is 1. The second kappa shape index (κ2) is 8.31. The monoisotopic (exact) mass is 405 g/mol. The van der Waals surface area contributed by atoms with Crippen molar-refractivity contribution in [1.29, 1.82) is 0 Å². The van der Waals surface area contributed by atoms with Crippen LogP contribution in [0.3, 0.4) is 0 Å². The van der Waals surface area contributed by atoms with Gasteiger partial charge in [-0.15, -0.1) is 11.3 Å². The lowest BCUT2D eigenvalue weighted by molar-refractivity contribution is -0.129. The average Bonchev–Trinajstić information content (AvgIpc) is 3.10. The van der Waals surface area contributed by atoms with Crippen LogP contribution in [0.1, 0.15) is 5.56 Å². The number of nitrogens with one attached hydrogen (secondary N) is 1. The largest absolute Gasteiger partial charge is 0.477 e. The fourth-order valence-corrected chi connectivity index (χ4v) is 3.14. The molecule has 0 saturated carbocycles. The third-order valence-corrected chi connectivity index (χ3v) is 4.95. The summed E-state index contributed by atoms with van der Waals surface area (Å²) in [5.74, 6) is -1.08. The van der Waals surface area contributed by atoms with Gasteiger partial charge in [-0.3, -0.25) is 5.43 Å². The first kappa shape index (κ1) is 18.4. The maximum Gasteiger partial charge on any atom is 0.352 e. The minimum atomic E-state index is -1.08. The van der Waals surface area contributed by atoms with Gasteiger partial charge in [0.1, 0.15) is 5.71 Å². The van der Waals surface area contributed by atoms with Crippen LogP contribution in [0, 0.1) is 0 Å². The quantitative estimate of drug-likeness (QED) is 0.435. The number of nitrogens with zero attached hydrogens (tertiary/aromatic N) is 2. The van der Waals surface area contributed by atoms with Crippen LogP contribution in [0.4, 0.5) is 5.13 Å². The van der Waals surface area contributed by atoms with E-state index in [0.29, 0.717) is 20.9 Å². The first-order valence-electron chi connectivity index (χ1n) is 7.53. The molecule has 0 fully saturated rings. The minimum Gasteiger partial charge on any atom is -0.477 e. The summed E-state index contributed by atoms with van der Waals surface area (Å²) in [6, 6.07) is 14.5. The maximum atomic E-state index is 11.4. The molecular weight excluding hydrogens is 393 g/mol.